The molecule has 0 aliphatic heterocycles. The van der Waals surface area contributed by atoms with Crippen LogP contribution in [0.5, 0.6) is 0 Å². The molecule has 0 aliphatic rings. The molecule has 3 amide bonds. The fourth-order valence-electron chi connectivity index (χ4n) is 3.43. The molecular formula is C25H27N3O5. The van der Waals surface area contributed by atoms with Crippen molar-refractivity contribution in [3.63, 3.8) is 0 Å². The Kier molecular flexibility index (Phi) is 8.37. The average molecular weight is 450 g/mol. The van der Waals surface area contributed by atoms with Crippen LogP contribution in [0.2, 0.25) is 0 Å². The zero-order valence-corrected chi connectivity index (χ0v) is 18.1. The third-order valence-corrected chi connectivity index (χ3v) is 5.10. The molecule has 3 aromatic carbocycles. The number of carbonyl (C=O) groups excluding carboxylic acids is 3. The number of aliphatic hydroxyl groups is 1. The van der Waals surface area contributed by atoms with Gasteiger partial charge in [0.05, 0.1) is 12.5 Å². The summed E-state index contributed by atoms with van der Waals surface area (Å²) in [5.41, 5.74) is 7.20. The van der Waals surface area contributed by atoms with E-state index in [9.17, 15) is 19.5 Å². The number of carbonyl (C=O) groups is 3. The summed E-state index contributed by atoms with van der Waals surface area (Å²) in [6.07, 6.45) is -1.94. The van der Waals surface area contributed by atoms with Gasteiger partial charge in [-0.2, -0.15) is 0 Å². The maximum absolute atomic E-state index is 12.4. The monoisotopic (exact) mass is 449 g/mol. The van der Waals surface area contributed by atoms with Crippen LogP contribution in [0.15, 0.2) is 72.8 Å². The summed E-state index contributed by atoms with van der Waals surface area (Å²) < 4.78 is 5.06. The minimum absolute atomic E-state index is 0.0950. The molecule has 8 nitrogen and oxygen atoms in total. The van der Waals surface area contributed by atoms with Gasteiger partial charge < -0.3 is 26.2 Å². The number of nitrogens with two attached hydrogens (primary N) is 1. The molecule has 0 fully saturated rings. The smallest absolute Gasteiger partial charge is 0.407 e. The molecule has 0 aromatic heterocycles. The fraction of sp³-hybridized carbons (Fsp3) is 0.240. The number of aliphatic hydroxyl groups excluding tert-OH is 1. The molecule has 0 aliphatic carbocycles. The lowest BCUT2D eigenvalue weighted by Gasteiger charge is -2.18. The highest BCUT2D eigenvalue weighted by Gasteiger charge is 2.21. The molecule has 0 heterocycles. The fourth-order valence-corrected chi connectivity index (χ4v) is 3.43. The summed E-state index contributed by atoms with van der Waals surface area (Å²) in [6.45, 7) is -0.0800. The lowest BCUT2D eigenvalue weighted by Crippen LogP contribution is -2.47. The molecule has 8 heteroatoms. The van der Waals surface area contributed by atoms with Crippen molar-refractivity contribution in [1.29, 1.82) is 0 Å². The van der Waals surface area contributed by atoms with Gasteiger partial charge in [-0.3, -0.25) is 9.59 Å². The highest BCUT2D eigenvalue weighted by Crippen LogP contribution is 2.19. The van der Waals surface area contributed by atoms with Crippen LogP contribution in [-0.4, -0.2) is 41.7 Å². The molecule has 172 valence electrons. The number of nitrogens with one attached hydrogen (secondary N) is 2. The number of primary amides is 1. The zero-order chi connectivity index (χ0) is 23.6. The van der Waals surface area contributed by atoms with Crippen molar-refractivity contribution in [2.45, 2.75) is 31.6 Å². The summed E-state index contributed by atoms with van der Waals surface area (Å²) in [4.78, 5) is 36.1. The Morgan fingerprint density at radius 3 is 2.39 bits per heavy atom. The van der Waals surface area contributed by atoms with Crippen molar-refractivity contribution in [2.24, 2.45) is 5.73 Å². The van der Waals surface area contributed by atoms with Gasteiger partial charge in [-0.25, -0.2) is 4.79 Å². The van der Waals surface area contributed by atoms with Crippen LogP contribution in [-0.2, 0) is 27.4 Å². The highest BCUT2D eigenvalue weighted by atomic mass is 16.5. The third kappa shape index (κ3) is 7.33. The van der Waals surface area contributed by atoms with Gasteiger partial charge in [0, 0.05) is 13.0 Å². The molecule has 0 spiro atoms. The maximum atomic E-state index is 12.4. The van der Waals surface area contributed by atoms with Crippen LogP contribution in [0.3, 0.4) is 0 Å². The number of hydrogen-bond donors (Lipinski definition) is 4. The van der Waals surface area contributed by atoms with Gasteiger partial charge in [0.2, 0.25) is 11.8 Å². The van der Waals surface area contributed by atoms with E-state index >= 15 is 0 Å². The van der Waals surface area contributed by atoms with Crippen molar-refractivity contribution in [3.05, 3.63) is 83.9 Å². The lowest BCUT2D eigenvalue weighted by atomic mass is 9.98. The van der Waals surface area contributed by atoms with Crippen molar-refractivity contribution < 1.29 is 24.2 Å². The zero-order valence-electron chi connectivity index (χ0n) is 18.1. The number of fused-ring (bicyclic) bond motifs is 1. The molecule has 33 heavy (non-hydrogen) atoms. The second kappa shape index (κ2) is 11.6. The molecule has 3 rings (SSSR count). The van der Waals surface area contributed by atoms with Gasteiger partial charge in [-0.1, -0.05) is 72.8 Å². The first-order valence-electron chi connectivity index (χ1n) is 10.6. The Balaban J connectivity index is 1.47. The van der Waals surface area contributed by atoms with Crippen LogP contribution >= 0.6 is 0 Å². The van der Waals surface area contributed by atoms with Crippen molar-refractivity contribution in [1.82, 2.24) is 10.6 Å². The minimum atomic E-state index is -1.15. The van der Waals surface area contributed by atoms with Crippen LogP contribution in [0.4, 0.5) is 4.79 Å². The van der Waals surface area contributed by atoms with Crippen LogP contribution < -0.4 is 16.4 Å². The van der Waals surface area contributed by atoms with Crippen molar-refractivity contribution in [3.8, 4) is 0 Å². The second-order valence-electron chi connectivity index (χ2n) is 7.67. The van der Waals surface area contributed by atoms with Crippen molar-refractivity contribution in [2.75, 3.05) is 6.54 Å². The van der Waals surface area contributed by atoms with Crippen LogP contribution in [0, 0.1) is 0 Å². The third-order valence-electron chi connectivity index (χ3n) is 5.10. The lowest BCUT2D eigenvalue weighted by molar-refractivity contribution is -0.128. The second-order valence-corrected chi connectivity index (χ2v) is 7.67. The van der Waals surface area contributed by atoms with Crippen LogP contribution in [0.25, 0.3) is 10.8 Å². The van der Waals surface area contributed by atoms with Gasteiger partial charge in [0.1, 0.15) is 12.6 Å². The minimum Gasteiger partial charge on any atom is -0.445 e. The molecule has 2 atom stereocenters. The van der Waals surface area contributed by atoms with Gasteiger partial charge in [-0.05, 0) is 21.9 Å². The Morgan fingerprint density at radius 2 is 1.64 bits per heavy atom. The first-order valence-corrected chi connectivity index (χ1v) is 10.6. The van der Waals surface area contributed by atoms with Crippen molar-refractivity contribution >= 4 is 28.7 Å². The average Bonchev–Trinajstić information content (AvgIpc) is 2.81. The normalized spacial score (nSPS) is 12.5. The first kappa shape index (κ1) is 23.7. The maximum Gasteiger partial charge on any atom is 0.407 e. The first-order chi connectivity index (χ1) is 15.9. The number of alkyl carbamates (subject to hydrolysis) is 1. The quantitative estimate of drug-likeness (QED) is 0.376. The summed E-state index contributed by atoms with van der Waals surface area (Å²) in [7, 11) is 0. The van der Waals surface area contributed by atoms with Gasteiger partial charge in [0.15, 0.2) is 0 Å². The molecule has 0 saturated heterocycles. The van der Waals surface area contributed by atoms with E-state index in [1.165, 1.54) is 0 Å². The van der Waals surface area contributed by atoms with Gasteiger partial charge in [0.25, 0.3) is 0 Å². The molecule has 0 bridgehead atoms. The number of ether oxygens (including phenoxy) is 1. The molecule has 5 N–H and O–H groups in total. The SMILES string of the molecule is NC(=O)[C@H](Cc1cccc2ccccc12)NC(=O)C[C@H](O)CNC(=O)OCc1ccccc1. The molecule has 0 unspecified atom stereocenters. The molecule has 0 saturated carbocycles. The predicted octanol–water partition coefficient (Wildman–Crippen LogP) is 2.03. The van der Waals surface area contributed by atoms with E-state index < -0.39 is 30.1 Å². The molecule has 3 aromatic rings. The van der Waals surface area contributed by atoms with E-state index in [0.717, 1.165) is 21.9 Å². The molecular weight excluding hydrogens is 422 g/mol. The van der Waals surface area contributed by atoms with E-state index in [-0.39, 0.29) is 26.0 Å². The van der Waals surface area contributed by atoms with E-state index in [0.29, 0.717) is 0 Å². The standard InChI is InChI=1S/C25H27N3O5/c26-24(31)22(13-19-11-6-10-18-9-4-5-12-21(18)19)28-23(30)14-20(29)15-27-25(32)33-16-17-7-2-1-3-8-17/h1-12,20,22,29H,13-16H2,(H2,26,31)(H,27,32)(H,28,30)/t20-,22-/m0/s1. The Morgan fingerprint density at radius 1 is 0.939 bits per heavy atom. The van der Waals surface area contributed by atoms with Gasteiger partial charge in [-0.15, -0.1) is 0 Å². The molecule has 0 radical (unpaired) electrons. The largest absolute Gasteiger partial charge is 0.445 e. The number of benzene rings is 3. The van der Waals surface area contributed by atoms with E-state index in [1.54, 1.807) is 0 Å². The Bertz CT molecular complexity index is 1100. The summed E-state index contributed by atoms with van der Waals surface area (Å²) >= 11 is 0. The number of hydrogen-bond acceptors (Lipinski definition) is 5. The highest BCUT2D eigenvalue weighted by molar-refractivity contribution is 5.89. The summed E-state index contributed by atoms with van der Waals surface area (Å²) in [5.74, 6) is -1.22. The number of amides is 3. The topological polar surface area (TPSA) is 131 Å². The predicted molar refractivity (Wildman–Crippen MR) is 124 cm³/mol. The van der Waals surface area contributed by atoms with E-state index in [4.69, 9.17) is 10.5 Å². The Labute approximate surface area is 191 Å². The number of rotatable bonds is 10. The summed E-state index contributed by atoms with van der Waals surface area (Å²) in [6, 6.07) is 21.7. The van der Waals surface area contributed by atoms with Crippen LogP contribution in [0.1, 0.15) is 17.5 Å². The van der Waals surface area contributed by atoms with Gasteiger partial charge >= 0.3 is 6.09 Å². The Hall–Kier alpha value is -3.91. The van der Waals surface area contributed by atoms with E-state index in [1.807, 2.05) is 72.8 Å². The van der Waals surface area contributed by atoms with E-state index in [2.05, 4.69) is 10.6 Å². The summed E-state index contributed by atoms with van der Waals surface area (Å²) in [5, 5.41) is 17.1.